The maximum absolute atomic E-state index is 12.5. The first kappa shape index (κ1) is 14.6. The van der Waals surface area contributed by atoms with Crippen molar-refractivity contribution in [2.45, 2.75) is 0 Å². The van der Waals surface area contributed by atoms with Crippen molar-refractivity contribution < 1.29 is 14.3 Å². The Morgan fingerprint density at radius 1 is 0.760 bits per heavy atom. The lowest BCUT2D eigenvalue weighted by molar-refractivity contribution is 0.109. The predicted molar refractivity (Wildman–Crippen MR) is 98.8 cm³/mol. The van der Waals surface area contributed by atoms with Crippen LogP contribution in [-0.2, 0) is 0 Å². The predicted octanol–water partition coefficient (Wildman–Crippen LogP) is 5.66. The molecule has 1 unspecified atom stereocenters. The number of benzene rings is 3. The molecule has 0 radical (unpaired) electrons. The van der Waals surface area contributed by atoms with E-state index in [0.717, 1.165) is 16.9 Å². The molecule has 2 heterocycles. The minimum Gasteiger partial charge on any atom is -0.449 e. The van der Waals surface area contributed by atoms with E-state index in [-0.39, 0.29) is 5.12 Å². The van der Waals surface area contributed by atoms with E-state index in [4.69, 9.17) is 9.47 Å². The van der Waals surface area contributed by atoms with Crippen molar-refractivity contribution >= 4 is 28.4 Å². The summed E-state index contributed by atoms with van der Waals surface area (Å²) in [5, 5.41) is 0.0628. The van der Waals surface area contributed by atoms with E-state index in [2.05, 4.69) is 0 Å². The van der Waals surface area contributed by atoms with Gasteiger partial charge in [0.05, 0.1) is 12.6 Å². The Morgan fingerprint density at radius 3 is 2.24 bits per heavy atom. The van der Waals surface area contributed by atoms with Gasteiger partial charge in [0, 0.05) is 12.1 Å². The second kappa shape index (κ2) is 5.12. The lowest BCUT2D eigenvalue weighted by atomic mass is 10.1. The molecule has 0 N–H and O–H groups in total. The smallest absolute Gasteiger partial charge is 0.283 e. The average Bonchev–Trinajstić information content (AvgIpc) is 2.91. The fourth-order valence-electron chi connectivity index (χ4n) is 3.33. The standard InChI is InChI=1S/C20H14NO3S/c1-21(14-8-3-2-7-13(14)20(22)25-21)15-9-6-12-18-19(15)24-17-11-5-4-10-16(17)23-18/h2-12H,1H3/q+1. The van der Waals surface area contributed by atoms with Crippen LogP contribution in [0.3, 0.4) is 0 Å². The Kier molecular flexibility index (Phi) is 2.98. The van der Waals surface area contributed by atoms with Crippen molar-refractivity contribution in [3.63, 3.8) is 0 Å². The van der Waals surface area contributed by atoms with E-state index < -0.39 is 0 Å². The normalized spacial score (nSPS) is 20.1. The number of nitrogens with zero attached hydrogens (tertiary/aromatic N) is 1. The molecule has 0 bridgehead atoms. The number of fused-ring (bicyclic) bond motifs is 3. The number of quaternary nitrogens is 1. The molecule has 2 aliphatic rings. The number of rotatable bonds is 1. The van der Waals surface area contributed by atoms with Crippen molar-refractivity contribution in [3.8, 4) is 23.0 Å². The lowest BCUT2D eigenvalue weighted by Gasteiger charge is -2.29. The number of para-hydroxylation sites is 4. The van der Waals surface area contributed by atoms with Gasteiger partial charge < -0.3 is 9.47 Å². The van der Waals surface area contributed by atoms with Gasteiger partial charge in [0.25, 0.3) is 5.12 Å². The quantitative estimate of drug-likeness (QED) is 0.329. The summed E-state index contributed by atoms with van der Waals surface area (Å²) in [6.07, 6.45) is 0. The van der Waals surface area contributed by atoms with Gasteiger partial charge in [0.1, 0.15) is 0 Å². The molecule has 122 valence electrons. The molecule has 0 saturated carbocycles. The average molecular weight is 348 g/mol. The molecule has 4 nitrogen and oxygen atoms in total. The Morgan fingerprint density at radius 2 is 1.40 bits per heavy atom. The van der Waals surface area contributed by atoms with Crippen LogP contribution in [0, 0.1) is 0 Å². The minimum absolute atomic E-state index is 0.0628. The van der Waals surface area contributed by atoms with Gasteiger partial charge in [-0.05, 0) is 24.3 Å². The van der Waals surface area contributed by atoms with Gasteiger partial charge in [-0.25, -0.2) is 0 Å². The fourth-order valence-corrected chi connectivity index (χ4v) is 4.43. The van der Waals surface area contributed by atoms with Crippen LogP contribution in [-0.4, -0.2) is 12.2 Å². The van der Waals surface area contributed by atoms with E-state index >= 15 is 0 Å². The molecule has 0 aliphatic carbocycles. The van der Waals surface area contributed by atoms with Crippen molar-refractivity contribution in [2.24, 2.45) is 0 Å². The molecule has 5 heteroatoms. The van der Waals surface area contributed by atoms with Crippen LogP contribution in [0.1, 0.15) is 10.4 Å². The van der Waals surface area contributed by atoms with Crippen molar-refractivity contribution in [1.82, 2.24) is 3.89 Å². The summed E-state index contributed by atoms with van der Waals surface area (Å²) >= 11 is 1.27. The van der Waals surface area contributed by atoms with Crippen molar-refractivity contribution in [2.75, 3.05) is 7.05 Å². The summed E-state index contributed by atoms with van der Waals surface area (Å²) in [5.74, 6) is 2.69. The van der Waals surface area contributed by atoms with E-state index in [1.54, 1.807) is 0 Å². The molecular weight excluding hydrogens is 334 g/mol. The van der Waals surface area contributed by atoms with E-state index in [0.29, 0.717) is 26.9 Å². The molecule has 0 aromatic heterocycles. The van der Waals surface area contributed by atoms with Gasteiger partial charge in [-0.3, -0.25) is 4.79 Å². The molecule has 0 spiro atoms. The third-order valence-corrected chi connectivity index (χ3v) is 5.69. The van der Waals surface area contributed by atoms with Gasteiger partial charge in [0.15, 0.2) is 40.6 Å². The van der Waals surface area contributed by atoms with Crippen LogP contribution in [0.5, 0.6) is 23.0 Å². The molecule has 5 rings (SSSR count). The first-order chi connectivity index (χ1) is 12.2. The van der Waals surface area contributed by atoms with Crippen molar-refractivity contribution in [3.05, 3.63) is 72.3 Å². The Labute approximate surface area is 149 Å². The Balaban J connectivity index is 1.70. The van der Waals surface area contributed by atoms with Crippen molar-refractivity contribution in [1.29, 1.82) is 0 Å². The summed E-state index contributed by atoms with van der Waals surface area (Å²) < 4.78 is 12.5. The van der Waals surface area contributed by atoms with Crippen LogP contribution in [0.15, 0.2) is 66.7 Å². The summed E-state index contributed by atoms with van der Waals surface area (Å²) in [6, 6.07) is 21.1. The molecule has 25 heavy (non-hydrogen) atoms. The monoisotopic (exact) mass is 348 g/mol. The molecule has 3 aromatic carbocycles. The van der Waals surface area contributed by atoms with Crippen LogP contribution in [0.4, 0.5) is 11.4 Å². The highest BCUT2D eigenvalue weighted by Gasteiger charge is 2.47. The van der Waals surface area contributed by atoms with Crippen LogP contribution < -0.4 is 13.4 Å². The van der Waals surface area contributed by atoms with Crippen LogP contribution in [0.25, 0.3) is 0 Å². The second-order valence-electron chi connectivity index (χ2n) is 6.08. The van der Waals surface area contributed by atoms with E-state index in [1.165, 1.54) is 11.9 Å². The molecular formula is C20H14NO3S+. The van der Waals surface area contributed by atoms with Gasteiger partial charge in [-0.2, -0.15) is 3.89 Å². The second-order valence-corrected chi connectivity index (χ2v) is 7.36. The number of carbonyl (C=O) groups is 1. The molecule has 0 fully saturated rings. The summed E-state index contributed by atoms with van der Waals surface area (Å²) in [6.45, 7) is 0. The highest BCUT2D eigenvalue weighted by atomic mass is 32.2. The SMILES string of the molecule is C[N+]1(c2cccc3c2Oc2ccccc2O3)SC(=O)c2ccccc21. The van der Waals surface area contributed by atoms with Crippen LogP contribution >= 0.6 is 11.9 Å². The van der Waals surface area contributed by atoms with E-state index in [9.17, 15) is 4.79 Å². The topological polar surface area (TPSA) is 35.5 Å². The van der Waals surface area contributed by atoms with Gasteiger partial charge in [-0.1, -0.05) is 30.3 Å². The lowest BCUT2D eigenvalue weighted by Crippen LogP contribution is -2.29. The zero-order valence-corrected chi connectivity index (χ0v) is 14.2. The van der Waals surface area contributed by atoms with Gasteiger partial charge >= 0.3 is 0 Å². The molecule has 3 aromatic rings. The van der Waals surface area contributed by atoms with Gasteiger partial charge in [-0.15, -0.1) is 0 Å². The summed E-state index contributed by atoms with van der Waals surface area (Å²) in [7, 11) is 2.01. The third-order valence-electron chi connectivity index (χ3n) is 4.55. The van der Waals surface area contributed by atoms with Crippen LogP contribution in [0.2, 0.25) is 0 Å². The first-order valence-corrected chi connectivity index (χ1v) is 8.72. The number of carbonyl (C=O) groups excluding carboxylic acids is 1. The molecule has 1 atom stereocenters. The molecule has 0 saturated heterocycles. The highest BCUT2D eigenvalue weighted by Crippen LogP contribution is 2.57. The zero-order chi connectivity index (χ0) is 17.0. The minimum atomic E-state index is 0.0628. The summed E-state index contributed by atoms with van der Waals surface area (Å²) in [4.78, 5) is 12.5. The van der Waals surface area contributed by atoms with E-state index in [1.807, 2.05) is 73.8 Å². The maximum Gasteiger partial charge on any atom is 0.283 e. The number of ether oxygens (including phenoxy) is 2. The number of hydrogen-bond acceptors (Lipinski definition) is 4. The fraction of sp³-hybridized carbons (Fsp3) is 0.0500. The summed E-state index contributed by atoms with van der Waals surface area (Å²) in [5.41, 5.74) is 2.58. The zero-order valence-electron chi connectivity index (χ0n) is 13.4. The molecule has 0 amide bonds. The third kappa shape index (κ3) is 2.03. The first-order valence-electron chi connectivity index (χ1n) is 7.95. The maximum atomic E-state index is 12.5. The molecule has 2 aliphatic heterocycles. The largest absolute Gasteiger partial charge is 0.449 e. The number of hydrogen-bond donors (Lipinski definition) is 0. The highest BCUT2D eigenvalue weighted by molar-refractivity contribution is 8.14. The Bertz CT molecular complexity index is 1030. The Hall–Kier alpha value is -2.76. The van der Waals surface area contributed by atoms with Gasteiger partial charge in [0.2, 0.25) is 5.75 Å².